The lowest BCUT2D eigenvalue weighted by Crippen LogP contribution is -2.37. The van der Waals surface area contributed by atoms with Crippen LogP contribution in [-0.4, -0.2) is 31.0 Å². The Morgan fingerprint density at radius 1 is 1.09 bits per heavy atom. The number of hydrogen-bond acceptors (Lipinski definition) is 4. The van der Waals surface area contributed by atoms with Gasteiger partial charge in [-0.3, -0.25) is 9.69 Å². The van der Waals surface area contributed by atoms with E-state index in [-0.39, 0.29) is 11.9 Å². The molecule has 1 aliphatic rings. The zero-order valence-electron chi connectivity index (χ0n) is 19.4. The van der Waals surface area contributed by atoms with Crippen molar-refractivity contribution in [2.45, 2.75) is 39.7 Å². The van der Waals surface area contributed by atoms with Crippen molar-refractivity contribution in [2.24, 2.45) is 5.92 Å². The van der Waals surface area contributed by atoms with E-state index in [0.717, 1.165) is 29.8 Å². The van der Waals surface area contributed by atoms with E-state index in [9.17, 15) is 4.79 Å². The summed E-state index contributed by atoms with van der Waals surface area (Å²) < 4.78 is 5.55. The fourth-order valence-corrected chi connectivity index (χ4v) is 5.58. The second-order valence-electron chi connectivity index (χ2n) is 8.74. The topological polar surface area (TPSA) is 41.6 Å². The maximum Gasteiger partial charge on any atom is 0.256 e. The van der Waals surface area contributed by atoms with Crippen LogP contribution in [0.25, 0.3) is 0 Å². The first kappa shape index (κ1) is 22.6. The van der Waals surface area contributed by atoms with Crippen molar-refractivity contribution in [3.63, 3.8) is 0 Å². The molecule has 4 nitrogen and oxygen atoms in total. The SMILES string of the molecule is COc1cccc([C@@H](c2c(NC(=O)c3ccccc3)sc(C)c2C)N2CCC(C)CC2)c1. The van der Waals surface area contributed by atoms with Gasteiger partial charge < -0.3 is 10.1 Å². The van der Waals surface area contributed by atoms with Gasteiger partial charge in [-0.25, -0.2) is 0 Å². The number of thiophene rings is 1. The number of anilines is 1. The third-order valence-electron chi connectivity index (χ3n) is 6.56. The molecule has 0 saturated carbocycles. The number of piperidine rings is 1. The molecule has 1 saturated heterocycles. The van der Waals surface area contributed by atoms with E-state index in [1.165, 1.54) is 34.4 Å². The number of ether oxygens (including phenoxy) is 1. The zero-order chi connectivity index (χ0) is 22.7. The van der Waals surface area contributed by atoms with E-state index in [1.807, 2.05) is 36.4 Å². The van der Waals surface area contributed by atoms with Gasteiger partial charge in [0.15, 0.2) is 0 Å². The van der Waals surface area contributed by atoms with Crippen LogP contribution in [0.5, 0.6) is 5.75 Å². The van der Waals surface area contributed by atoms with E-state index in [4.69, 9.17) is 4.74 Å². The van der Waals surface area contributed by atoms with Gasteiger partial charge in [0.25, 0.3) is 5.91 Å². The number of carbonyl (C=O) groups is 1. The quantitative estimate of drug-likeness (QED) is 0.471. The van der Waals surface area contributed by atoms with Gasteiger partial charge in [0.1, 0.15) is 10.8 Å². The normalized spacial score (nSPS) is 16.0. The molecule has 1 fully saturated rings. The number of nitrogens with zero attached hydrogens (tertiary/aromatic N) is 1. The summed E-state index contributed by atoms with van der Waals surface area (Å²) in [6.07, 6.45) is 2.38. The number of likely N-dealkylation sites (tertiary alicyclic amines) is 1. The summed E-state index contributed by atoms with van der Waals surface area (Å²) in [4.78, 5) is 16.8. The highest BCUT2D eigenvalue weighted by Gasteiger charge is 2.31. The lowest BCUT2D eigenvalue weighted by molar-refractivity contribution is 0.102. The molecule has 0 bridgehead atoms. The van der Waals surface area contributed by atoms with Crippen molar-refractivity contribution in [2.75, 3.05) is 25.5 Å². The molecule has 0 unspecified atom stereocenters. The fourth-order valence-electron chi connectivity index (χ4n) is 4.49. The van der Waals surface area contributed by atoms with E-state index >= 15 is 0 Å². The summed E-state index contributed by atoms with van der Waals surface area (Å²) >= 11 is 1.67. The largest absolute Gasteiger partial charge is 0.497 e. The maximum atomic E-state index is 13.0. The standard InChI is InChI=1S/C27H32N2O2S/c1-18-13-15-29(16-14-18)25(22-11-8-12-23(17-22)31-4)24-19(2)20(3)32-27(24)28-26(30)21-9-6-5-7-10-21/h5-12,17-18,25H,13-16H2,1-4H3,(H,28,30)/t25-/m0/s1. The summed E-state index contributed by atoms with van der Waals surface area (Å²) in [5.41, 5.74) is 4.34. The molecule has 0 spiro atoms. The molecule has 2 heterocycles. The number of aryl methyl sites for hydroxylation is 1. The van der Waals surface area contributed by atoms with Crippen LogP contribution in [0.4, 0.5) is 5.00 Å². The second-order valence-corrected chi connectivity index (χ2v) is 9.97. The summed E-state index contributed by atoms with van der Waals surface area (Å²) in [5.74, 6) is 1.54. The molecule has 2 aromatic carbocycles. The predicted molar refractivity (Wildman–Crippen MR) is 133 cm³/mol. The molecule has 1 atom stereocenters. The summed E-state index contributed by atoms with van der Waals surface area (Å²) in [6.45, 7) is 8.75. The minimum Gasteiger partial charge on any atom is -0.497 e. The molecule has 32 heavy (non-hydrogen) atoms. The highest BCUT2D eigenvalue weighted by Crippen LogP contribution is 2.44. The Labute approximate surface area is 195 Å². The van der Waals surface area contributed by atoms with Crippen molar-refractivity contribution >= 4 is 22.2 Å². The second kappa shape index (κ2) is 9.88. The molecule has 1 amide bonds. The third-order valence-corrected chi connectivity index (χ3v) is 7.70. The van der Waals surface area contributed by atoms with E-state index in [1.54, 1.807) is 18.4 Å². The lowest BCUT2D eigenvalue weighted by atomic mass is 9.91. The molecular formula is C27H32N2O2S. The van der Waals surface area contributed by atoms with Crippen molar-refractivity contribution in [3.8, 4) is 5.75 Å². The Kier molecular flexibility index (Phi) is 6.97. The number of hydrogen-bond donors (Lipinski definition) is 1. The number of methoxy groups -OCH3 is 1. The van der Waals surface area contributed by atoms with Crippen LogP contribution in [0.15, 0.2) is 54.6 Å². The number of nitrogens with one attached hydrogen (secondary N) is 1. The van der Waals surface area contributed by atoms with Gasteiger partial charge in [-0.15, -0.1) is 11.3 Å². The molecule has 1 aromatic heterocycles. The Bertz CT molecular complexity index is 1070. The van der Waals surface area contributed by atoms with Crippen LogP contribution in [0.3, 0.4) is 0 Å². The number of rotatable bonds is 6. The van der Waals surface area contributed by atoms with E-state index in [2.05, 4.69) is 49.2 Å². The number of amides is 1. The highest BCUT2D eigenvalue weighted by molar-refractivity contribution is 7.16. The summed E-state index contributed by atoms with van der Waals surface area (Å²) in [7, 11) is 1.71. The van der Waals surface area contributed by atoms with Crippen molar-refractivity contribution in [1.82, 2.24) is 4.90 Å². The Morgan fingerprint density at radius 3 is 2.50 bits per heavy atom. The summed E-state index contributed by atoms with van der Waals surface area (Å²) in [5, 5.41) is 4.18. The molecule has 0 radical (unpaired) electrons. The van der Waals surface area contributed by atoms with Crippen molar-refractivity contribution in [3.05, 3.63) is 81.7 Å². The van der Waals surface area contributed by atoms with E-state index in [0.29, 0.717) is 5.56 Å². The van der Waals surface area contributed by atoms with Gasteiger partial charge >= 0.3 is 0 Å². The molecule has 0 aliphatic carbocycles. The van der Waals surface area contributed by atoms with Crippen LogP contribution in [0, 0.1) is 19.8 Å². The van der Waals surface area contributed by atoms with Gasteiger partial charge in [0.05, 0.1) is 13.2 Å². The third kappa shape index (κ3) is 4.74. The van der Waals surface area contributed by atoms with Crippen LogP contribution in [0.1, 0.15) is 57.7 Å². The van der Waals surface area contributed by atoms with Gasteiger partial charge in [-0.05, 0) is 81.1 Å². The van der Waals surface area contributed by atoms with Gasteiger partial charge in [0.2, 0.25) is 0 Å². The summed E-state index contributed by atoms with van der Waals surface area (Å²) in [6, 6.07) is 17.9. The lowest BCUT2D eigenvalue weighted by Gasteiger charge is -2.38. The minimum absolute atomic E-state index is 0.0650. The van der Waals surface area contributed by atoms with Gasteiger partial charge in [-0.1, -0.05) is 37.3 Å². The van der Waals surface area contributed by atoms with Crippen LogP contribution < -0.4 is 10.1 Å². The molecular weight excluding hydrogens is 416 g/mol. The Morgan fingerprint density at radius 2 is 1.81 bits per heavy atom. The highest BCUT2D eigenvalue weighted by atomic mass is 32.1. The van der Waals surface area contributed by atoms with Gasteiger partial charge in [0, 0.05) is 16.0 Å². The average Bonchev–Trinajstić information content (AvgIpc) is 3.09. The number of benzene rings is 2. The fraction of sp³-hybridized carbons (Fsp3) is 0.370. The monoisotopic (exact) mass is 448 g/mol. The van der Waals surface area contributed by atoms with Crippen molar-refractivity contribution < 1.29 is 9.53 Å². The smallest absolute Gasteiger partial charge is 0.256 e. The van der Waals surface area contributed by atoms with Gasteiger partial charge in [-0.2, -0.15) is 0 Å². The first-order chi connectivity index (χ1) is 15.5. The first-order valence-electron chi connectivity index (χ1n) is 11.3. The molecule has 1 N–H and O–H groups in total. The average molecular weight is 449 g/mol. The Hall–Kier alpha value is -2.63. The Balaban J connectivity index is 1.77. The van der Waals surface area contributed by atoms with E-state index < -0.39 is 0 Å². The number of carbonyl (C=O) groups excluding carboxylic acids is 1. The van der Waals surface area contributed by atoms with Crippen LogP contribution in [-0.2, 0) is 0 Å². The molecule has 168 valence electrons. The molecule has 3 aromatic rings. The minimum atomic E-state index is -0.0650. The van der Waals surface area contributed by atoms with Crippen molar-refractivity contribution in [1.29, 1.82) is 0 Å². The van der Waals surface area contributed by atoms with Crippen LogP contribution >= 0.6 is 11.3 Å². The van der Waals surface area contributed by atoms with Crippen LogP contribution in [0.2, 0.25) is 0 Å². The first-order valence-corrected chi connectivity index (χ1v) is 12.1. The molecule has 1 aliphatic heterocycles. The molecule has 4 rings (SSSR count). The zero-order valence-corrected chi connectivity index (χ0v) is 20.2. The molecule has 5 heteroatoms. The maximum absolute atomic E-state index is 13.0. The predicted octanol–water partition coefficient (Wildman–Crippen LogP) is 6.45.